The molecular weight excluding hydrogens is 358 g/mol. The van der Waals surface area contributed by atoms with E-state index in [-0.39, 0.29) is 0 Å². The van der Waals surface area contributed by atoms with Crippen molar-refractivity contribution >= 4 is 31.9 Å². The minimum absolute atomic E-state index is 0.544. The van der Waals surface area contributed by atoms with Gasteiger partial charge in [-0.25, -0.2) is 0 Å². The summed E-state index contributed by atoms with van der Waals surface area (Å²) in [6.45, 7) is 6.53. The van der Waals surface area contributed by atoms with Crippen LogP contribution >= 0.6 is 31.9 Å². The summed E-state index contributed by atoms with van der Waals surface area (Å²) in [5.74, 6) is 0.914. The van der Waals surface area contributed by atoms with Gasteiger partial charge in [-0.15, -0.1) is 0 Å². The monoisotopic (exact) mass is 377 g/mol. The molecule has 1 rings (SSSR count). The Morgan fingerprint density at radius 3 is 2.61 bits per heavy atom. The van der Waals surface area contributed by atoms with Gasteiger partial charge in [0.05, 0.1) is 7.11 Å². The van der Waals surface area contributed by atoms with Crippen molar-refractivity contribution in [3.63, 3.8) is 0 Å². The lowest BCUT2D eigenvalue weighted by Gasteiger charge is -2.26. The van der Waals surface area contributed by atoms with Crippen molar-refractivity contribution in [2.24, 2.45) is 0 Å². The van der Waals surface area contributed by atoms with Crippen molar-refractivity contribution in [2.75, 3.05) is 19.0 Å². The predicted molar refractivity (Wildman–Crippen MR) is 84.7 cm³/mol. The van der Waals surface area contributed by atoms with Crippen molar-refractivity contribution in [1.29, 1.82) is 0 Å². The molecule has 0 radical (unpaired) electrons. The number of ether oxygens (including phenoxy) is 1. The summed E-state index contributed by atoms with van der Waals surface area (Å²) in [6.07, 6.45) is 1.17. The highest BCUT2D eigenvalue weighted by atomic mass is 79.9. The molecule has 0 N–H and O–H groups in total. The smallest absolute Gasteiger partial charge is 0.119 e. The van der Waals surface area contributed by atoms with Crippen LogP contribution in [0.2, 0.25) is 0 Å². The summed E-state index contributed by atoms with van der Waals surface area (Å²) in [7, 11) is 1.71. The highest BCUT2D eigenvalue weighted by Gasteiger charge is 2.12. The Balaban J connectivity index is 2.78. The molecular formula is C14H21Br2NO. The SMILES string of the molecule is COc1ccc(Br)c(CN(CCCBr)C(C)C)c1. The van der Waals surface area contributed by atoms with Crippen molar-refractivity contribution in [3.8, 4) is 5.75 Å². The molecule has 0 amide bonds. The van der Waals surface area contributed by atoms with E-state index in [2.05, 4.69) is 62.7 Å². The maximum Gasteiger partial charge on any atom is 0.119 e. The second-order valence-electron chi connectivity index (χ2n) is 4.56. The van der Waals surface area contributed by atoms with Crippen LogP contribution in [0.4, 0.5) is 0 Å². The van der Waals surface area contributed by atoms with Gasteiger partial charge in [-0.2, -0.15) is 0 Å². The summed E-state index contributed by atoms with van der Waals surface area (Å²) < 4.78 is 6.43. The molecule has 2 nitrogen and oxygen atoms in total. The van der Waals surface area contributed by atoms with Gasteiger partial charge in [0.25, 0.3) is 0 Å². The first-order valence-electron chi connectivity index (χ1n) is 6.21. The number of rotatable bonds is 7. The fraction of sp³-hybridized carbons (Fsp3) is 0.571. The number of hydrogen-bond acceptors (Lipinski definition) is 2. The minimum Gasteiger partial charge on any atom is -0.497 e. The first-order chi connectivity index (χ1) is 8.58. The van der Waals surface area contributed by atoms with Crippen molar-refractivity contribution in [2.45, 2.75) is 32.9 Å². The van der Waals surface area contributed by atoms with Gasteiger partial charge in [-0.1, -0.05) is 31.9 Å². The average molecular weight is 379 g/mol. The lowest BCUT2D eigenvalue weighted by Crippen LogP contribution is -2.31. The van der Waals surface area contributed by atoms with E-state index in [0.717, 1.165) is 28.6 Å². The molecule has 102 valence electrons. The molecule has 18 heavy (non-hydrogen) atoms. The van der Waals surface area contributed by atoms with Gasteiger partial charge in [-0.3, -0.25) is 4.90 Å². The molecule has 0 fully saturated rings. The van der Waals surface area contributed by atoms with Crippen LogP contribution in [0.15, 0.2) is 22.7 Å². The van der Waals surface area contributed by atoms with Gasteiger partial charge in [-0.05, 0) is 50.6 Å². The quantitative estimate of drug-likeness (QED) is 0.649. The molecule has 0 atom stereocenters. The third kappa shape index (κ3) is 4.90. The van der Waals surface area contributed by atoms with Crippen LogP contribution in [0.3, 0.4) is 0 Å². The lowest BCUT2D eigenvalue weighted by molar-refractivity contribution is 0.213. The Morgan fingerprint density at radius 1 is 1.33 bits per heavy atom. The topological polar surface area (TPSA) is 12.5 Å². The fourth-order valence-corrected chi connectivity index (χ4v) is 2.42. The Morgan fingerprint density at radius 2 is 2.06 bits per heavy atom. The molecule has 0 aliphatic heterocycles. The summed E-state index contributed by atoms with van der Waals surface area (Å²) in [5.41, 5.74) is 1.28. The van der Waals surface area contributed by atoms with Crippen LogP contribution in [0.1, 0.15) is 25.8 Å². The number of alkyl halides is 1. The first kappa shape index (κ1) is 16.0. The van der Waals surface area contributed by atoms with Crippen LogP contribution < -0.4 is 4.74 Å². The fourth-order valence-electron chi connectivity index (χ4n) is 1.80. The van der Waals surface area contributed by atoms with E-state index >= 15 is 0 Å². The first-order valence-corrected chi connectivity index (χ1v) is 8.12. The zero-order chi connectivity index (χ0) is 13.5. The van der Waals surface area contributed by atoms with Crippen LogP contribution in [-0.4, -0.2) is 29.9 Å². The molecule has 4 heteroatoms. The molecule has 1 aromatic rings. The summed E-state index contributed by atoms with van der Waals surface area (Å²) in [5, 5.41) is 1.05. The Hall–Kier alpha value is -0.0600. The zero-order valence-electron chi connectivity index (χ0n) is 11.2. The second-order valence-corrected chi connectivity index (χ2v) is 6.21. The normalized spacial score (nSPS) is 11.3. The largest absolute Gasteiger partial charge is 0.497 e. The molecule has 0 saturated carbocycles. The van der Waals surface area contributed by atoms with Crippen molar-refractivity contribution in [1.82, 2.24) is 4.90 Å². The molecule has 0 aromatic heterocycles. The Bertz CT molecular complexity index is 369. The third-order valence-electron chi connectivity index (χ3n) is 2.94. The summed E-state index contributed by atoms with van der Waals surface area (Å²) >= 11 is 7.11. The highest BCUT2D eigenvalue weighted by Crippen LogP contribution is 2.24. The van der Waals surface area contributed by atoms with Crippen molar-refractivity contribution < 1.29 is 4.74 Å². The number of halogens is 2. The van der Waals surface area contributed by atoms with E-state index in [1.807, 2.05) is 6.07 Å². The van der Waals surface area contributed by atoms with E-state index in [0.29, 0.717) is 6.04 Å². The van der Waals surface area contributed by atoms with Crippen molar-refractivity contribution in [3.05, 3.63) is 28.2 Å². The average Bonchev–Trinajstić information content (AvgIpc) is 2.36. The number of nitrogens with zero attached hydrogens (tertiary/aromatic N) is 1. The van der Waals surface area contributed by atoms with Crippen LogP contribution in [-0.2, 0) is 6.54 Å². The molecule has 0 spiro atoms. The van der Waals surface area contributed by atoms with Gasteiger partial charge < -0.3 is 4.74 Å². The Kier molecular flexibility index (Phi) is 7.27. The van der Waals surface area contributed by atoms with Gasteiger partial charge in [0, 0.05) is 22.4 Å². The maximum atomic E-state index is 5.29. The highest BCUT2D eigenvalue weighted by molar-refractivity contribution is 9.10. The Labute approximate surface area is 127 Å². The maximum absolute atomic E-state index is 5.29. The number of hydrogen-bond donors (Lipinski definition) is 0. The molecule has 0 bridgehead atoms. The summed E-state index contributed by atoms with van der Waals surface area (Å²) in [4.78, 5) is 2.47. The van der Waals surface area contributed by atoms with E-state index in [9.17, 15) is 0 Å². The lowest BCUT2D eigenvalue weighted by atomic mass is 10.1. The number of benzene rings is 1. The van der Waals surface area contributed by atoms with E-state index in [1.54, 1.807) is 7.11 Å². The van der Waals surface area contributed by atoms with E-state index < -0.39 is 0 Å². The molecule has 1 aromatic carbocycles. The van der Waals surface area contributed by atoms with Gasteiger partial charge >= 0.3 is 0 Å². The molecule has 0 unspecified atom stereocenters. The number of methoxy groups -OCH3 is 1. The van der Waals surface area contributed by atoms with Gasteiger partial charge in [0.1, 0.15) is 5.75 Å². The second kappa shape index (κ2) is 8.18. The summed E-state index contributed by atoms with van der Waals surface area (Å²) in [6, 6.07) is 6.68. The van der Waals surface area contributed by atoms with E-state index in [4.69, 9.17) is 4.74 Å². The standard InChI is InChI=1S/C14H21Br2NO/c1-11(2)17(8-4-7-15)10-12-9-13(18-3)5-6-14(12)16/h5-6,9,11H,4,7-8,10H2,1-3H3. The van der Waals surface area contributed by atoms with Gasteiger partial charge in [0.2, 0.25) is 0 Å². The van der Waals surface area contributed by atoms with Gasteiger partial charge in [0.15, 0.2) is 0 Å². The molecule has 0 saturated heterocycles. The van der Waals surface area contributed by atoms with E-state index in [1.165, 1.54) is 12.0 Å². The predicted octanol–water partition coefficient (Wildman–Crippen LogP) is 4.45. The molecule has 0 heterocycles. The van der Waals surface area contributed by atoms with Crippen LogP contribution in [0, 0.1) is 0 Å². The van der Waals surface area contributed by atoms with Crippen LogP contribution in [0.25, 0.3) is 0 Å². The minimum atomic E-state index is 0.544. The zero-order valence-corrected chi connectivity index (χ0v) is 14.4. The van der Waals surface area contributed by atoms with Crippen LogP contribution in [0.5, 0.6) is 5.75 Å². The molecule has 0 aliphatic carbocycles. The molecule has 0 aliphatic rings. The third-order valence-corrected chi connectivity index (χ3v) is 4.27.